The van der Waals surface area contributed by atoms with Crippen LogP contribution in [0.1, 0.15) is 31.2 Å². The summed E-state index contributed by atoms with van der Waals surface area (Å²) in [6.45, 7) is 1.89. The van der Waals surface area contributed by atoms with E-state index in [4.69, 9.17) is 10.5 Å². The fraction of sp³-hybridized carbons (Fsp3) is 0.143. The number of carbonyl (C=O) groups excluding carboxylic acids is 2. The summed E-state index contributed by atoms with van der Waals surface area (Å²) < 4.78 is 5.21. The Morgan fingerprint density at radius 2 is 2.00 bits per heavy atom. The van der Waals surface area contributed by atoms with Gasteiger partial charge < -0.3 is 10.5 Å². The molecule has 0 saturated heterocycles. The van der Waals surface area contributed by atoms with E-state index in [9.17, 15) is 9.59 Å². The molecule has 0 atom stereocenters. The van der Waals surface area contributed by atoms with Crippen LogP contribution in [0.4, 0.5) is 0 Å². The smallest absolute Gasteiger partial charge is 0.348 e. The maximum absolute atomic E-state index is 11.9. The lowest BCUT2D eigenvalue weighted by Gasteiger charge is -2.07. The molecule has 5 heteroatoms. The number of carbonyl (C=O) groups is 2. The van der Waals surface area contributed by atoms with Crippen LogP contribution in [0, 0.1) is 6.92 Å². The Morgan fingerprint density at radius 1 is 1.26 bits per heavy atom. The van der Waals surface area contributed by atoms with E-state index in [1.54, 1.807) is 24.3 Å². The van der Waals surface area contributed by atoms with E-state index in [0.29, 0.717) is 16.0 Å². The average Bonchev–Trinajstić information content (AvgIpc) is 2.82. The third kappa shape index (κ3) is 3.00. The van der Waals surface area contributed by atoms with E-state index >= 15 is 0 Å². The van der Waals surface area contributed by atoms with Crippen LogP contribution >= 0.6 is 11.3 Å². The third-order valence-electron chi connectivity index (χ3n) is 2.69. The Morgan fingerprint density at radius 3 is 2.63 bits per heavy atom. The molecule has 0 radical (unpaired) electrons. The van der Waals surface area contributed by atoms with Gasteiger partial charge in [0.25, 0.3) is 0 Å². The van der Waals surface area contributed by atoms with Crippen molar-refractivity contribution in [3.05, 3.63) is 57.3 Å². The molecule has 1 heterocycles. The fourth-order valence-corrected chi connectivity index (χ4v) is 2.49. The van der Waals surface area contributed by atoms with Gasteiger partial charge in [0, 0.05) is 11.1 Å². The largest absolute Gasteiger partial charge is 0.457 e. The number of rotatable bonds is 4. The van der Waals surface area contributed by atoms with Crippen molar-refractivity contribution in [3.8, 4) is 0 Å². The summed E-state index contributed by atoms with van der Waals surface area (Å²) in [5, 5.41) is 1.84. The molecule has 19 heavy (non-hydrogen) atoms. The van der Waals surface area contributed by atoms with Crippen LogP contribution in [0.2, 0.25) is 0 Å². The minimum atomic E-state index is -0.529. The van der Waals surface area contributed by atoms with Crippen LogP contribution in [0.3, 0.4) is 0 Å². The highest BCUT2D eigenvalue weighted by atomic mass is 32.1. The molecule has 0 aliphatic carbocycles. The van der Waals surface area contributed by atoms with Crippen molar-refractivity contribution in [1.29, 1.82) is 0 Å². The lowest BCUT2D eigenvalue weighted by Crippen LogP contribution is -2.15. The molecule has 0 spiro atoms. The first kappa shape index (κ1) is 13.3. The second kappa shape index (κ2) is 5.67. The molecule has 1 aromatic heterocycles. The summed E-state index contributed by atoms with van der Waals surface area (Å²) in [5.41, 5.74) is 7.13. The molecular weight excluding hydrogens is 262 g/mol. The van der Waals surface area contributed by atoms with Crippen molar-refractivity contribution in [3.63, 3.8) is 0 Å². The molecule has 0 saturated carbocycles. The van der Waals surface area contributed by atoms with Crippen molar-refractivity contribution < 1.29 is 14.3 Å². The summed E-state index contributed by atoms with van der Waals surface area (Å²) >= 11 is 1.34. The number of esters is 1. The first-order chi connectivity index (χ1) is 9.09. The molecule has 1 aromatic carbocycles. The molecule has 2 rings (SSSR count). The zero-order chi connectivity index (χ0) is 13.8. The summed E-state index contributed by atoms with van der Waals surface area (Å²) in [5.74, 6) is -0.911. The second-order valence-electron chi connectivity index (χ2n) is 4.03. The van der Waals surface area contributed by atoms with E-state index in [2.05, 4.69) is 0 Å². The topological polar surface area (TPSA) is 69.4 Å². The first-order valence-electron chi connectivity index (χ1n) is 5.68. The van der Waals surface area contributed by atoms with Gasteiger partial charge in [0.05, 0.1) is 0 Å². The van der Waals surface area contributed by atoms with Gasteiger partial charge in [0.2, 0.25) is 5.91 Å². The number of benzene rings is 1. The summed E-state index contributed by atoms with van der Waals surface area (Å²) in [7, 11) is 0. The molecule has 0 bridgehead atoms. The Labute approximate surface area is 114 Å². The summed E-state index contributed by atoms with van der Waals surface area (Å²) in [4.78, 5) is 23.7. The lowest BCUT2D eigenvalue weighted by molar-refractivity contribution is 0.0475. The van der Waals surface area contributed by atoms with Crippen LogP contribution in [-0.4, -0.2) is 11.9 Å². The van der Waals surface area contributed by atoms with Gasteiger partial charge in [-0.1, -0.05) is 18.2 Å². The predicted molar refractivity (Wildman–Crippen MR) is 73.1 cm³/mol. The molecule has 0 unspecified atom stereocenters. The molecular formula is C14H13NO3S. The molecule has 98 valence electrons. The lowest BCUT2D eigenvalue weighted by atomic mass is 10.1. The van der Waals surface area contributed by atoms with Gasteiger partial charge in [-0.05, 0) is 30.0 Å². The zero-order valence-corrected chi connectivity index (χ0v) is 11.2. The van der Waals surface area contributed by atoms with Gasteiger partial charge in [-0.15, -0.1) is 11.3 Å². The number of nitrogens with two attached hydrogens (primary N) is 1. The molecule has 4 nitrogen and oxygen atoms in total. The number of hydrogen-bond donors (Lipinski definition) is 1. The SMILES string of the molecule is Cc1ccsc1C(=O)OCc1ccccc1C(N)=O. The van der Waals surface area contributed by atoms with Crippen molar-refractivity contribution >= 4 is 23.2 Å². The highest BCUT2D eigenvalue weighted by molar-refractivity contribution is 7.12. The number of hydrogen-bond acceptors (Lipinski definition) is 4. The van der Waals surface area contributed by atoms with E-state index in [0.717, 1.165) is 5.56 Å². The Balaban J connectivity index is 2.10. The summed E-state index contributed by atoms with van der Waals surface area (Å²) in [6.07, 6.45) is 0. The summed E-state index contributed by atoms with van der Waals surface area (Å²) in [6, 6.07) is 8.68. The van der Waals surface area contributed by atoms with Crippen LogP contribution in [0.15, 0.2) is 35.7 Å². The number of primary amides is 1. The first-order valence-corrected chi connectivity index (χ1v) is 6.56. The van der Waals surface area contributed by atoms with Crippen molar-refractivity contribution in [2.75, 3.05) is 0 Å². The standard InChI is InChI=1S/C14H13NO3S/c1-9-6-7-19-12(9)14(17)18-8-10-4-2-3-5-11(10)13(15)16/h2-7H,8H2,1H3,(H2,15,16). The normalized spacial score (nSPS) is 10.2. The van der Waals surface area contributed by atoms with Gasteiger partial charge in [0.1, 0.15) is 11.5 Å². The van der Waals surface area contributed by atoms with Crippen LogP contribution < -0.4 is 5.73 Å². The average molecular weight is 275 g/mol. The monoisotopic (exact) mass is 275 g/mol. The van der Waals surface area contributed by atoms with Crippen molar-refractivity contribution in [2.45, 2.75) is 13.5 Å². The number of aryl methyl sites for hydroxylation is 1. The highest BCUT2D eigenvalue weighted by Crippen LogP contribution is 2.18. The molecule has 0 aliphatic heterocycles. The van der Waals surface area contributed by atoms with Crippen LogP contribution in [-0.2, 0) is 11.3 Å². The van der Waals surface area contributed by atoms with E-state index in [1.165, 1.54) is 11.3 Å². The van der Waals surface area contributed by atoms with Crippen LogP contribution in [0.25, 0.3) is 0 Å². The van der Waals surface area contributed by atoms with Crippen LogP contribution in [0.5, 0.6) is 0 Å². The van der Waals surface area contributed by atoms with Gasteiger partial charge in [0.15, 0.2) is 0 Å². The maximum Gasteiger partial charge on any atom is 0.348 e. The van der Waals surface area contributed by atoms with E-state index in [1.807, 2.05) is 18.4 Å². The molecule has 2 aromatic rings. The van der Waals surface area contributed by atoms with Gasteiger partial charge >= 0.3 is 5.97 Å². The Bertz CT molecular complexity index is 619. The van der Waals surface area contributed by atoms with Gasteiger partial charge in [-0.2, -0.15) is 0 Å². The zero-order valence-electron chi connectivity index (χ0n) is 10.4. The predicted octanol–water partition coefficient (Wildman–Crippen LogP) is 2.51. The molecule has 2 N–H and O–H groups in total. The third-order valence-corrected chi connectivity index (χ3v) is 3.69. The van der Waals surface area contributed by atoms with Gasteiger partial charge in [-0.25, -0.2) is 4.79 Å². The Kier molecular flexibility index (Phi) is 3.97. The van der Waals surface area contributed by atoms with E-state index in [-0.39, 0.29) is 12.6 Å². The minimum Gasteiger partial charge on any atom is -0.457 e. The number of ether oxygens (including phenoxy) is 1. The highest BCUT2D eigenvalue weighted by Gasteiger charge is 2.14. The molecule has 0 aliphatic rings. The fourth-order valence-electron chi connectivity index (χ4n) is 1.68. The second-order valence-corrected chi connectivity index (χ2v) is 4.95. The Hall–Kier alpha value is -2.14. The quantitative estimate of drug-likeness (QED) is 0.872. The van der Waals surface area contributed by atoms with Crippen molar-refractivity contribution in [2.24, 2.45) is 5.73 Å². The van der Waals surface area contributed by atoms with Gasteiger partial charge in [-0.3, -0.25) is 4.79 Å². The maximum atomic E-state index is 11.9. The van der Waals surface area contributed by atoms with E-state index < -0.39 is 5.91 Å². The number of amides is 1. The number of thiophene rings is 1. The molecule has 0 fully saturated rings. The minimum absolute atomic E-state index is 0.0370. The molecule has 1 amide bonds. The van der Waals surface area contributed by atoms with Crippen molar-refractivity contribution in [1.82, 2.24) is 0 Å².